The first-order valence-electron chi connectivity index (χ1n) is 5.54. The minimum Gasteiger partial charge on any atom is -0.494 e. The number of aliphatic hydroxyl groups is 1. The molecule has 1 rings (SSSR count). The number of halogens is 1. The minimum absolute atomic E-state index is 0.138. The highest BCUT2D eigenvalue weighted by molar-refractivity contribution is 5.32. The number of ether oxygens (including phenoxy) is 1. The molecule has 0 aromatic heterocycles. The van der Waals surface area contributed by atoms with Crippen molar-refractivity contribution in [2.24, 2.45) is 11.1 Å². The van der Waals surface area contributed by atoms with Gasteiger partial charge in [0.25, 0.3) is 0 Å². The zero-order chi connectivity index (χ0) is 13.2. The molecule has 0 aliphatic carbocycles. The van der Waals surface area contributed by atoms with Gasteiger partial charge in [-0.15, -0.1) is 0 Å². The van der Waals surface area contributed by atoms with Gasteiger partial charge >= 0.3 is 0 Å². The number of hydrogen-bond donors (Lipinski definition) is 2. The Morgan fingerprint density at radius 3 is 2.41 bits per heavy atom. The molecule has 0 bridgehead atoms. The van der Waals surface area contributed by atoms with Crippen molar-refractivity contribution >= 4 is 0 Å². The highest BCUT2D eigenvalue weighted by Crippen LogP contribution is 2.30. The van der Waals surface area contributed by atoms with Gasteiger partial charge in [0.15, 0.2) is 11.6 Å². The molecule has 0 amide bonds. The molecule has 0 heterocycles. The summed E-state index contributed by atoms with van der Waals surface area (Å²) in [6, 6.07) is 3.82. The van der Waals surface area contributed by atoms with Crippen molar-refractivity contribution in [2.75, 3.05) is 7.11 Å². The lowest BCUT2D eigenvalue weighted by Gasteiger charge is -2.31. The van der Waals surface area contributed by atoms with E-state index in [9.17, 15) is 9.50 Å². The van der Waals surface area contributed by atoms with Gasteiger partial charge in [-0.1, -0.05) is 26.8 Å². The first-order valence-corrected chi connectivity index (χ1v) is 5.54. The Labute approximate surface area is 101 Å². The van der Waals surface area contributed by atoms with E-state index in [2.05, 4.69) is 0 Å². The number of methoxy groups -OCH3 is 1. The Bertz CT molecular complexity index is 387. The van der Waals surface area contributed by atoms with Gasteiger partial charge in [0, 0.05) is 0 Å². The normalized spacial score (nSPS) is 15.5. The quantitative estimate of drug-likeness (QED) is 0.853. The van der Waals surface area contributed by atoms with Crippen LogP contribution in [0, 0.1) is 11.2 Å². The lowest BCUT2D eigenvalue weighted by molar-refractivity contribution is 0.0400. The van der Waals surface area contributed by atoms with E-state index in [-0.39, 0.29) is 11.2 Å². The highest BCUT2D eigenvalue weighted by Gasteiger charge is 2.29. The predicted molar refractivity (Wildman–Crippen MR) is 65.3 cm³/mol. The number of aliphatic hydroxyl groups excluding tert-OH is 1. The van der Waals surface area contributed by atoms with E-state index in [4.69, 9.17) is 10.5 Å². The smallest absolute Gasteiger partial charge is 0.165 e. The van der Waals surface area contributed by atoms with Gasteiger partial charge < -0.3 is 15.6 Å². The van der Waals surface area contributed by atoms with Crippen LogP contribution in [-0.2, 0) is 0 Å². The standard InChI is InChI=1S/C13H20FNO2/c1-13(2,3)12(16)11(15)8-5-6-9(14)10(7-8)17-4/h5-7,11-12,16H,15H2,1-4H3/t11-,12-/m1/s1. The second-order valence-corrected chi connectivity index (χ2v) is 5.23. The molecule has 2 atom stereocenters. The average Bonchev–Trinajstić information content (AvgIpc) is 2.26. The fraction of sp³-hybridized carbons (Fsp3) is 0.538. The molecule has 17 heavy (non-hydrogen) atoms. The molecular weight excluding hydrogens is 221 g/mol. The molecule has 0 radical (unpaired) electrons. The minimum atomic E-state index is -0.710. The topological polar surface area (TPSA) is 55.5 Å². The summed E-state index contributed by atoms with van der Waals surface area (Å²) in [5, 5.41) is 10.1. The fourth-order valence-corrected chi connectivity index (χ4v) is 1.60. The van der Waals surface area contributed by atoms with E-state index in [1.54, 1.807) is 6.07 Å². The summed E-state index contributed by atoms with van der Waals surface area (Å²) in [6.45, 7) is 5.70. The van der Waals surface area contributed by atoms with Crippen LogP contribution in [0.15, 0.2) is 18.2 Å². The Hall–Kier alpha value is -1.13. The summed E-state index contributed by atoms with van der Waals surface area (Å²) in [6.07, 6.45) is -0.710. The average molecular weight is 241 g/mol. The monoisotopic (exact) mass is 241 g/mol. The second kappa shape index (κ2) is 5.02. The highest BCUT2D eigenvalue weighted by atomic mass is 19.1. The molecule has 0 aliphatic rings. The van der Waals surface area contributed by atoms with E-state index >= 15 is 0 Å². The van der Waals surface area contributed by atoms with Gasteiger partial charge in [-0.25, -0.2) is 4.39 Å². The Morgan fingerprint density at radius 1 is 1.35 bits per heavy atom. The van der Waals surface area contributed by atoms with Crippen LogP contribution in [0.1, 0.15) is 32.4 Å². The molecule has 0 saturated heterocycles. The Balaban J connectivity index is 3.00. The zero-order valence-electron chi connectivity index (χ0n) is 10.7. The SMILES string of the molecule is COc1cc([C@@H](N)[C@@H](O)C(C)(C)C)ccc1F. The molecule has 0 fully saturated rings. The number of rotatable bonds is 3. The third kappa shape index (κ3) is 3.17. The maximum absolute atomic E-state index is 13.2. The van der Waals surface area contributed by atoms with Gasteiger partial charge in [0.2, 0.25) is 0 Å². The van der Waals surface area contributed by atoms with E-state index in [0.29, 0.717) is 5.56 Å². The van der Waals surface area contributed by atoms with Crippen LogP contribution in [0.5, 0.6) is 5.75 Å². The molecule has 96 valence electrons. The van der Waals surface area contributed by atoms with Crippen LogP contribution in [0.3, 0.4) is 0 Å². The maximum Gasteiger partial charge on any atom is 0.165 e. The molecule has 0 aliphatic heterocycles. The van der Waals surface area contributed by atoms with Crippen molar-refractivity contribution < 1.29 is 14.2 Å². The van der Waals surface area contributed by atoms with Crippen LogP contribution in [0.4, 0.5) is 4.39 Å². The van der Waals surface area contributed by atoms with Crippen molar-refractivity contribution in [1.29, 1.82) is 0 Å². The Morgan fingerprint density at radius 2 is 1.94 bits per heavy atom. The van der Waals surface area contributed by atoms with Gasteiger partial charge in [-0.2, -0.15) is 0 Å². The molecule has 0 saturated carbocycles. The summed E-state index contributed by atoms with van der Waals surface area (Å²) in [7, 11) is 1.40. The van der Waals surface area contributed by atoms with E-state index in [0.717, 1.165) is 0 Å². The number of nitrogens with two attached hydrogens (primary N) is 1. The second-order valence-electron chi connectivity index (χ2n) is 5.23. The molecule has 0 spiro atoms. The molecule has 3 N–H and O–H groups in total. The summed E-state index contributed by atoms with van der Waals surface area (Å²) in [5.41, 5.74) is 6.30. The van der Waals surface area contributed by atoms with Crippen molar-refractivity contribution in [3.63, 3.8) is 0 Å². The molecule has 1 aromatic rings. The third-order valence-corrected chi connectivity index (χ3v) is 2.79. The first kappa shape index (κ1) is 13.9. The van der Waals surface area contributed by atoms with Crippen molar-refractivity contribution in [1.82, 2.24) is 0 Å². The van der Waals surface area contributed by atoms with Crippen LogP contribution >= 0.6 is 0 Å². The molecule has 1 aromatic carbocycles. The maximum atomic E-state index is 13.2. The molecule has 3 nitrogen and oxygen atoms in total. The third-order valence-electron chi connectivity index (χ3n) is 2.79. The molecular formula is C13H20FNO2. The molecule has 0 unspecified atom stereocenters. The van der Waals surface area contributed by atoms with Crippen LogP contribution in [-0.4, -0.2) is 18.3 Å². The van der Waals surface area contributed by atoms with E-state index < -0.39 is 18.0 Å². The lowest BCUT2D eigenvalue weighted by atomic mass is 9.82. The predicted octanol–water partition coefficient (Wildman–Crippen LogP) is 2.24. The van der Waals surface area contributed by atoms with Crippen molar-refractivity contribution in [2.45, 2.75) is 32.9 Å². The van der Waals surface area contributed by atoms with Crippen LogP contribution in [0.2, 0.25) is 0 Å². The first-order chi connectivity index (χ1) is 7.77. The number of benzene rings is 1. The van der Waals surface area contributed by atoms with Gasteiger partial charge in [0.1, 0.15) is 0 Å². The van der Waals surface area contributed by atoms with E-state index in [1.807, 2.05) is 20.8 Å². The van der Waals surface area contributed by atoms with Gasteiger partial charge in [-0.3, -0.25) is 0 Å². The fourth-order valence-electron chi connectivity index (χ4n) is 1.60. The van der Waals surface area contributed by atoms with Gasteiger partial charge in [0.05, 0.1) is 19.3 Å². The largest absolute Gasteiger partial charge is 0.494 e. The summed E-state index contributed by atoms with van der Waals surface area (Å²) in [4.78, 5) is 0. The number of hydrogen-bond acceptors (Lipinski definition) is 3. The summed E-state index contributed by atoms with van der Waals surface area (Å²) < 4.78 is 18.1. The lowest BCUT2D eigenvalue weighted by Crippen LogP contribution is -2.36. The van der Waals surface area contributed by atoms with E-state index in [1.165, 1.54) is 19.2 Å². The summed E-state index contributed by atoms with van der Waals surface area (Å²) in [5.74, 6) is -0.298. The zero-order valence-corrected chi connectivity index (χ0v) is 10.7. The van der Waals surface area contributed by atoms with Crippen LogP contribution in [0.25, 0.3) is 0 Å². The van der Waals surface area contributed by atoms with Crippen molar-refractivity contribution in [3.05, 3.63) is 29.6 Å². The van der Waals surface area contributed by atoms with Crippen LogP contribution < -0.4 is 10.5 Å². The Kier molecular flexibility index (Phi) is 4.11. The van der Waals surface area contributed by atoms with Crippen molar-refractivity contribution in [3.8, 4) is 5.75 Å². The summed E-state index contributed by atoms with van der Waals surface area (Å²) >= 11 is 0. The van der Waals surface area contributed by atoms with Gasteiger partial charge in [-0.05, 0) is 23.1 Å². The molecule has 4 heteroatoms.